The molecule has 0 heterocycles. The van der Waals surface area contributed by atoms with Gasteiger partial charge in [-0.1, -0.05) is 50.2 Å². The standard InChI is InChI=1S/C23H30N2O4/c1-3-18-12-6-8-14-20(18)24(22(26)27)16-10-5-11-17-25(23(28)29)21-15-9-7-13-19(21)4-2/h6-9,12-15H,3-5,10-11,16-17H2,1-2H3,(H,26,27)(H,28,29). The Labute approximate surface area is 172 Å². The number of benzene rings is 2. The summed E-state index contributed by atoms with van der Waals surface area (Å²) in [7, 11) is 0. The number of amides is 2. The zero-order chi connectivity index (χ0) is 21.2. The van der Waals surface area contributed by atoms with E-state index in [-0.39, 0.29) is 0 Å². The minimum absolute atomic E-state index is 0.394. The van der Waals surface area contributed by atoms with Crippen molar-refractivity contribution in [1.82, 2.24) is 0 Å². The number of aryl methyl sites for hydroxylation is 2. The minimum atomic E-state index is -0.963. The van der Waals surface area contributed by atoms with Gasteiger partial charge in [0.25, 0.3) is 0 Å². The molecule has 156 valence electrons. The third-order valence-corrected chi connectivity index (χ3v) is 5.05. The normalized spacial score (nSPS) is 10.6. The molecule has 0 fully saturated rings. The average Bonchev–Trinajstić information content (AvgIpc) is 2.72. The molecule has 0 aliphatic rings. The summed E-state index contributed by atoms with van der Waals surface area (Å²) in [5, 5.41) is 19.2. The molecule has 2 aromatic carbocycles. The van der Waals surface area contributed by atoms with Crippen LogP contribution >= 0.6 is 0 Å². The zero-order valence-corrected chi connectivity index (χ0v) is 17.2. The summed E-state index contributed by atoms with van der Waals surface area (Å²) < 4.78 is 0. The van der Waals surface area contributed by atoms with Gasteiger partial charge in [-0.3, -0.25) is 9.80 Å². The number of hydrogen-bond acceptors (Lipinski definition) is 2. The zero-order valence-electron chi connectivity index (χ0n) is 17.2. The molecule has 0 spiro atoms. The second-order valence-corrected chi connectivity index (χ2v) is 6.89. The number of carbonyl (C=O) groups is 2. The Morgan fingerprint density at radius 1 is 0.690 bits per heavy atom. The smallest absolute Gasteiger partial charge is 0.411 e. The largest absolute Gasteiger partial charge is 0.465 e. The van der Waals surface area contributed by atoms with Crippen molar-refractivity contribution in [2.24, 2.45) is 0 Å². The van der Waals surface area contributed by atoms with Crippen LogP contribution in [0.15, 0.2) is 48.5 Å². The van der Waals surface area contributed by atoms with Crippen molar-refractivity contribution in [2.45, 2.75) is 46.0 Å². The number of nitrogens with zero attached hydrogens (tertiary/aromatic N) is 2. The van der Waals surface area contributed by atoms with Gasteiger partial charge in [0.2, 0.25) is 0 Å². The lowest BCUT2D eigenvalue weighted by Crippen LogP contribution is -2.32. The van der Waals surface area contributed by atoms with Crippen molar-refractivity contribution in [3.63, 3.8) is 0 Å². The fourth-order valence-electron chi connectivity index (χ4n) is 3.50. The molecular formula is C23H30N2O4. The summed E-state index contributed by atoms with van der Waals surface area (Å²) in [6.07, 6.45) is 1.70. The molecule has 2 aromatic rings. The molecule has 2 rings (SSSR count). The lowest BCUT2D eigenvalue weighted by atomic mass is 10.1. The molecule has 0 unspecified atom stereocenters. The summed E-state index contributed by atoms with van der Waals surface area (Å²) in [4.78, 5) is 26.2. The molecule has 0 saturated heterocycles. The van der Waals surface area contributed by atoms with Crippen LogP contribution in [0.2, 0.25) is 0 Å². The minimum Gasteiger partial charge on any atom is -0.465 e. The fraction of sp³-hybridized carbons (Fsp3) is 0.391. The van der Waals surface area contributed by atoms with Gasteiger partial charge in [-0.25, -0.2) is 9.59 Å². The molecule has 0 atom stereocenters. The average molecular weight is 399 g/mol. The molecular weight excluding hydrogens is 368 g/mol. The fourth-order valence-corrected chi connectivity index (χ4v) is 3.50. The maximum atomic E-state index is 11.7. The van der Waals surface area contributed by atoms with Crippen molar-refractivity contribution in [2.75, 3.05) is 22.9 Å². The number of rotatable bonds is 10. The van der Waals surface area contributed by atoms with Crippen molar-refractivity contribution in [3.05, 3.63) is 59.7 Å². The van der Waals surface area contributed by atoms with E-state index in [1.807, 2.05) is 62.4 Å². The van der Waals surface area contributed by atoms with Crippen LogP contribution in [0.5, 0.6) is 0 Å². The van der Waals surface area contributed by atoms with E-state index in [0.29, 0.717) is 25.9 Å². The Balaban J connectivity index is 1.94. The Bertz CT molecular complexity index is 755. The van der Waals surface area contributed by atoms with Crippen LogP contribution in [0.1, 0.15) is 44.2 Å². The molecule has 2 N–H and O–H groups in total. The van der Waals surface area contributed by atoms with E-state index in [0.717, 1.165) is 41.8 Å². The highest BCUT2D eigenvalue weighted by atomic mass is 16.4. The Morgan fingerprint density at radius 2 is 1.07 bits per heavy atom. The topological polar surface area (TPSA) is 81.1 Å². The Hall–Kier alpha value is -3.02. The maximum Gasteiger partial charge on any atom is 0.411 e. The molecule has 0 aliphatic carbocycles. The van der Waals surface area contributed by atoms with Gasteiger partial charge in [-0.2, -0.15) is 0 Å². The van der Waals surface area contributed by atoms with E-state index in [1.54, 1.807) is 0 Å². The lowest BCUT2D eigenvalue weighted by Gasteiger charge is -2.23. The predicted octanol–water partition coefficient (Wildman–Crippen LogP) is 5.65. The molecule has 6 heteroatoms. The third-order valence-electron chi connectivity index (χ3n) is 5.05. The van der Waals surface area contributed by atoms with E-state index in [2.05, 4.69) is 0 Å². The number of para-hydroxylation sites is 2. The highest BCUT2D eigenvalue weighted by Gasteiger charge is 2.18. The van der Waals surface area contributed by atoms with Gasteiger partial charge in [-0.05, 0) is 55.4 Å². The van der Waals surface area contributed by atoms with Crippen molar-refractivity contribution in [3.8, 4) is 0 Å². The first kappa shape index (κ1) is 22.3. The van der Waals surface area contributed by atoms with Gasteiger partial charge in [-0.15, -0.1) is 0 Å². The van der Waals surface area contributed by atoms with Gasteiger partial charge < -0.3 is 10.2 Å². The van der Waals surface area contributed by atoms with Crippen LogP contribution in [0.4, 0.5) is 21.0 Å². The highest BCUT2D eigenvalue weighted by molar-refractivity contribution is 5.87. The van der Waals surface area contributed by atoms with Crippen molar-refractivity contribution >= 4 is 23.6 Å². The number of hydrogen-bond donors (Lipinski definition) is 2. The first-order valence-corrected chi connectivity index (χ1v) is 10.2. The van der Waals surface area contributed by atoms with Gasteiger partial charge in [0.1, 0.15) is 0 Å². The van der Waals surface area contributed by atoms with Gasteiger partial charge in [0.15, 0.2) is 0 Å². The highest BCUT2D eigenvalue weighted by Crippen LogP contribution is 2.23. The molecule has 2 amide bonds. The Morgan fingerprint density at radius 3 is 1.41 bits per heavy atom. The number of unbranched alkanes of at least 4 members (excludes halogenated alkanes) is 2. The summed E-state index contributed by atoms with van der Waals surface area (Å²) in [6.45, 7) is 4.80. The maximum absolute atomic E-state index is 11.7. The third kappa shape index (κ3) is 5.98. The monoisotopic (exact) mass is 398 g/mol. The first-order valence-electron chi connectivity index (χ1n) is 10.2. The van der Waals surface area contributed by atoms with Crippen LogP contribution in [0.3, 0.4) is 0 Å². The van der Waals surface area contributed by atoms with Crippen LogP contribution in [-0.2, 0) is 12.8 Å². The summed E-state index contributed by atoms with van der Waals surface area (Å²) in [6, 6.07) is 15.1. The SMILES string of the molecule is CCc1ccccc1N(CCCCCN(C(=O)O)c1ccccc1CC)C(=O)O. The molecule has 0 radical (unpaired) electrons. The Kier molecular flexibility index (Phi) is 8.52. The first-order chi connectivity index (χ1) is 14.0. The van der Waals surface area contributed by atoms with Gasteiger partial charge in [0, 0.05) is 13.1 Å². The molecule has 0 bridgehead atoms. The molecule has 0 aromatic heterocycles. The van der Waals surface area contributed by atoms with E-state index in [4.69, 9.17) is 0 Å². The predicted molar refractivity (Wildman–Crippen MR) is 116 cm³/mol. The van der Waals surface area contributed by atoms with Gasteiger partial charge in [0.05, 0.1) is 11.4 Å². The number of anilines is 2. The van der Waals surface area contributed by atoms with Crippen LogP contribution in [0, 0.1) is 0 Å². The quantitative estimate of drug-likeness (QED) is 0.507. The summed E-state index contributed by atoms with van der Waals surface area (Å²) in [5.41, 5.74) is 3.46. The number of carboxylic acid groups (broad SMARTS) is 2. The lowest BCUT2D eigenvalue weighted by molar-refractivity contribution is 0.201. The van der Waals surface area contributed by atoms with Crippen LogP contribution in [0.25, 0.3) is 0 Å². The van der Waals surface area contributed by atoms with Gasteiger partial charge >= 0.3 is 12.2 Å². The van der Waals surface area contributed by atoms with Crippen LogP contribution < -0.4 is 9.80 Å². The molecule has 0 saturated carbocycles. The summed E-state index contributed by atoms with van der Waals surface area (Å²) in [5.74, 6) is 0. The second kappa shape index (κ2) is 11.1. The van der Waals surface area contributed by atoms with E-state index in [9.17, 15) is 19.8 Å². The van der Waals surface area contributed by atoms with Crippen LogP contribution in [-0.4, -0.2) is 35.5 Å². The van der Waals surface area contributed by atoms with E-state index >= 15 is 0 Å². The molecule has 29 heavy (non-hydrogen) atoms. The molecule has 0 aliphatic heterocycles. The van der Waals surface area contributed by atoms with Crippen molar-refractivity contribution < 1.29 is 19.8 Å². The molecule has 6 nitrogen and oxygen atoms in total. The summed E-state index contributed by atoms with van der Waals surface area (Å²) >= 11 is 0. The van der Waals surface area contributed by atoms with Crippen molar-refractivity contribution in [1.29, 1.82) is 0 Å². The van der Waals surface area contributed by atoms with E-state index < -0.39 is 12.2 Å². The second-order valence-electron chi connectivity index (χ2n) is 6.89. The van der Waals surface area contributed by atoms with E-state index in [1.165, 1.54) is 9.80 Å².